The molecule has 0 aliphatic carbocycles. The predicted octanol–water partition coefficient (Wildman–Crippen LogP) is 4.36. The minimum atomic E-state index is -4.31. The Labute approximate surface area is 122 Å². The molecule has 21 heavy (non-hydrogen) atoms. The standard InChI is InChI=1S/C16H18F3NO/c1-3-15-13(7-8-21-15)14(20-2)10-11-5-4-6-12(9-11)16(17,18)19/h4-9,14,20H,3,10H2,1-2H3. The molecule has 2 nitrogen and oxygen atoms in total. The molecule has 0 aliphatic rings. The van der Waals surface area contributed by atoms with E-state index in [1.165, 1.54) is 12.1 Å². The van der Waals surface area contributed by atoms with E-state index in [-0.39, 0.29) is 6.04 Å². The Kier molecular flexibility index (Phi) is 4.73. The van der Waals surface area contributed by atoms with E-state index in [1.807, 2.05) is 13.0 Å². The molecule has 1 aromatic carbocycles. The van der Waals surface area contributed by atoms with Crippen molar-refractivity contribution in [3.63, 3.8) is 0 Å². The molecular formula is C16H18F3NO. The second kappa shape index (κ2) is 6.35. The third kappa shape index (κ3) is 3.67. The Morgan fingerprint density at radius 2 is 2.00 bits per heavy atom. The van der Waals surface area contributed by atoms with Crippen LogP contribution in [0.25, 0.3) is 0 Å². The van der Waals surface area contributed by atoms with Crippen molar-refractivity contribution in [2.45, 2.75) is 32.0 Å². The van der Waals surface area contributed by atoms with Gasteiger partial charge in [0.15, 0.2) is 0 Å². The normalized spacial score (nSPS) is 13.4. The average molecular weight is 297 g/mol. The molecular weight excluding hydrogens is 279 g/mol. The number of aryl methyl sites for hydroxylation is 1. The number of nitrogens with one attached hydrogen (secondary N) is 1. The van der Waals surface area contributed by atoms with Crippen LogP contribution >= 0.6 is 0 Å². The van der Waals surface area contributed by atoms with Crippen LogP contribution < -0.4 is 5.32 Å². The number of halogens is 3. The summed E-state index contributed by atoms with van der Waals surface area (Å²) in [5, 5.41) is 3.14. The van der Waals surface area contributed by atoms with E-state index in [0.717, 1.165) is 23.8 Å². The van der Waals surface area contributed by atoms with Crippen molar-refractivity contribution in [1.29, 1.82) is 0 Å². The van der Waals surface area contributed by atoms with Gasteiger partial charge in [0, 0.05) is 18.0 Å². The van der Waals surface area contributed by atoms with Gasteiger partial charge in [-0.05, 0) is 31.2 Å². The Hall–Kier alpha value is -1.75. The molecule has 114 valence electrons. The van der Waals surface area contributed by atoms with Crippen molar-refractivity contribution in [1.82, 2.24) is 5.32 Å². The number of rotatable bonds is 5. The third-order valence-corrected chi connectivity index (χ3v) is 3.52. The van der Waals surface area contributed by atoms with Gasteiger partial charge < -0.3 is 9.73 Å². The fourth-order valence-electron chi connectivity index (χ4n) is 2.43. The smallest absolute Gasteiger partial charge is 0.416 e. The van der Waals surface area contributed by atoms with E-state index in [0.29, 0.717) is 12.0 Å². The maximum atomic E-state index is 12.7. The Morgan fingerprint density at radius 1 is 1.24 bits per heavy atom. The lowest BCUT2D eigenvalue weighted by Crippen LogP contribution is -2.19. The van der Waals surface area contributed by atoms with E-state index < -0.39 is 11.7 Å². The molecule has 0 bridgehead atoms. The van der Waals surface area contributed by atoms with Crippen molar-refractivity contribution in [2.24, 2.45) is 0 Å². The molecule has 0 saturated carbocycles. The molecule has 1 heterocycles. The van der Waals surface area contributed by atoms with Crippen LogP contribution in [-0.2, 0) is 19.0 Å². The lowest BCUT2D eigenvalue weighted by Gasteiger charge is -2.17. The molecule has 2 aromatic rings. The zero-order valence-corrected chi connectivity index (χ0v) is 12.0. The summed E-state index contributed by atoms with van der Waals surface area (Å²) >= 11 is 0. The van der Waals surface area contributed by atoms with Crippen LogP contribution in [0.5, 0.6) is 0 Å². The molecule has 1 N–H and O–H groups in total. The summed E-state index contributed by atoms with van der Waals surface area (Å²) in [4.78, 5) is 0. The molecule has 1 unspecified atom stereocenters. The minimum absolute atomic E-state index is 0.0674. The summed E-state index contributed by atoms with van der Waals surface area (Å²) in [5.41, 5.74) is 1.03. The maximum absolute atomic E-state index is 12.7. The van der Waals surface area contributed by atoms with Gasteiger partial charge in [-0.15, -0.1) is 0 Å². The van der Waals surface area contributed by atoms with E-state index in [9.17, 15) is 13.2 Å². The molecule has 1 atom stereocenters. The summed E-state index contributed by atoms with van der Waals surface area (Å²) in [6, 6.07) is 7.26. The van der Waals surface area contributed by atoms with Gasteiger partial charge in [0.2, 0.25) is 0 Å². The van der Waals surface area contributed by atoms with E-state index in [2.05, 4.69) is 5.32 Å². The largest absolute Gasteiger partial charge is 0.469 e. The number of hydrogen-bond acceptors (Lipinski definition) is 2. The minimum Gasteiger partial charge on any atom is -0.469 e. The molecule has 0 amide bonds. The van der Waals surface area contributed by atoms with Gasteiger partial charge in [0.1, 0.15) is 5.76 Å². The summed E-state index contributed by atoms with van der Waals surface area (Å²) < 4.78 is 43.6. The Bertz CT molecular complexity index is 589. The topological polar surface area (TPSA) is 25.2 Å². The van der Waals surface area contributed by atoms with E-state index in [4.69, 9.17) is 4.42 Å². The van der Waals surface area contributed by atoms with Crippen LogP contribution in [0.4, 0.5) is 13.2 Å². The first kappa shape index (κ1) is 15.6. The molecule has 0 aliphatic heterocycles. The van der Waals surface area contributed by atoms with Gasteiger partial charge >= 0.3 is 6.18 Å². The molecule has 0 fully saturated rings. The van der Waals surface area contributed by atoms with Gasteiger partial charge in [-0.1, -0.05) is 25.1 Å². The van der Waals surface area contributed by atoms with E-state index in [1.54, 1.807) is 19.4 Å². The van der Waals surface area contributed by atoms with Crippen molar-refractivity contribution < 1.29 is 17.6 Å². The maximum Gasteiger partial charge on any atom is 0.416 e. The first-order valence-corrected chi connectivity index (χ1v) is 6.85. The van der Waals surface area contributed by atoms with Gasteiger partial charge in [0.05, 0.1) is 11.8 Å². The monoisotopic (exact) mass is 297 g/mol. The second-order valence-electron chi connectivity index (χ2n) is 4.90. The molecule has 1 aromatic heterocycles. The quantitative estimate of drug-likeness (QED) is 0.887. The first-order valence-electron chi connectivity index (χ1n) is 6.85. The van der Waals surface area contributed by atoms with Gasteiger partial charge in [-0.2, -0.15) is 13.2 Å². The summed E-state index contributed by atoms with van der Waals surface area (Å²) in [6.45, 7) is 1.99. The van der Waals surface area contributed by atoms with Crippen LogP contribution in [0.15, 0.2) is 41.0 Å². The number of benzene rings is 1. The van der Waals surface area contributed by atoms with Crippen molar-refractivity contribution >= 4 is 0 Å². The number of alkyl halides is 3. The molecule has 0 saturated heterocycles. The zero-order valence-electron chi connectivity index (χ0n) is 12.0. The van der Waals surface area contributed by atoms with Crippen molar-refractivity contribution in [2.75, 3.05) is 7.05 Å². The predicted molar refractivity (Wildman–Crippen MR) is 75.0 cm³/mol. The number of hydrogen-bond donors (Lipinski definition) is 1. The highest BCUT2D eigenvalue weighted by atomic mass is 19.4. The highest BCUT2D eigenvalue weighted by molar-refractivity contribution is 5.29. The molecule has 0 radical (unpaired) electrons. The van der Waals surface area contributed by atoms with Crippen LogP contribution in [0.1, 0.15) is 35.4 Å². The Morgan fingerprint density at radius 3 is 2.62 bits per heavy atom. The van der Waals surface area contributed by atoms with Crippen molar-refractivity contribution in [3.05, 3.63) is 59.0 Å². The lowest BCUT2D eigenvalue weighted by atomic mass is 9.97. The second-order valence-corrected chi connectivity index (χ2v) is 4.90. The van der Waals surface area contributed by atoms with Gasteiger partial charge in [-0.25, -0.2) is 0 Å². The van der Waals surface area contributed by atoms with Crippen LogP contribution in [0.2, 0.25) is 0 Å². The summed E-state index contributed by atoms with van der Waals surface area (Å²) in [7, 11) is 1.80. The number of likely N-dealkylation sites (N-methyl/N-ethyl adjacent to an activating group) is 1. The van der Waals surface area contributed by atoms with Crippen LogP contribution in [0.3, 0.4) is 0 Å². The average Bonchev–Trinajstić information content (AvgIpc) is 2.92. The number of furan rings is 1. The highest BCUT2D eigenvalue weighted by Gasteiger charge is 2.30. The van der Waals surface area contributed by atoms with Gasteiger partial charge in [-0.3, -0.25) is 0 Å². The molecule has 2 rings (SSSR count). The van der Waals surface area contributed by atoms with Gasteiger partial charge in [0.25, 0.3) is 0 Å². The third-order valence-electron chi connectivity index (χ3n) is 3.52. The molecule has 5 heteroatoms. The zero-order chi connectivity index (χ0) is 15.5. The first-order chi connectivity index (χ1) is 9.95. The summed E-state index contributed by atoms with van der Waals surface area (Å²) in [5.74, 6) is 0.862. The Balaban J connectivity index is 2.23. The fourth-order valence-corrected chi connectivity index (χ4v) is 2.43. The lowest BCUT2D eigenvalue weighted by molar-refractivity contribution is -0.137. The summed E-state index contributed by atoms with van der Waals surface area (Å²) in [6.07, 6.45) is -1.46. The van der Waals surface area contributed by atoms with Crippen molar-refractivity contribution in [3.8, 4) is 0 Å². The SMILES string of the molecule is CCc1occc1C(Cc1cccc(C(F)(F)F)c1)NC. The molecule has 0 spiro atoms. The van der Waals surface area contributed by atoms with Crippen LogP contribution in [-0.4, -0.2) is 7.05 Å². The van der Waals surface area contributed by atoms with Crippen LogP contribution in [0, 0.1) is 0 Å². The van der Waals surface area contributed by atoms with E-state index >= 15 is 0 Å². The highest BCUT2D eigenvalue weighted by Crippen LogP contribution is 2.31. The fraction of sp³-hybridized carbons (Fsp3) is 0.375.